The van der Waals surface area contributed by atoms with Crippen molar-refractivity contribution in [2.45, 2.75) is 38.5 Å². The first kappa shape index (κ1) is 23.2. The van der Waals surface area contributed by atoms with Crippen LogP contribution in [0.1, 0.15) is 24.7 Å². The number of nitrogens with one attached hydrogen (secondary N) is 2. The van der Waals surface area contributed by atoms with Gasteiger partial charge in [-0.15, -0.1) is 24.0 Å². The van der Waals surface area contributed by atoms with Gasteiger partial charge >= 0.3 is 6.18 Å². The summed E-state index contributed by atoms with van der Waals surface area (Å²) in [6.45, 7) is 3.92. The number of alkyl halides is 3. The summed E-state index contributed by atoms with van der Waals surface area (Å²) in [5.74, 6) is 1.77. The summed E-state index contributed by atoms with van der Waals surface area (Å²) >= 11 is 0. The van der Waals surface area contributed by atoms with Gasteiger partial charge in [-0.3, -0.25) is 0 Å². The largest absolute Gasteiger partial charge is 0.476 e. The Morgan fingerprint density at radius 2 is 2.17 bits per heavy atom. The van der Waals surface area contributed by atoms with E-state index in [0.29, 0.717) is 25.6 Å². The van der Waals surface area contributed by atoms with E-state index in [0.717, 1.165) is 30.9 Å². The predicted octanol–water partition coefficient (Wildman–Crippen LogP) is 2.26. The molecule has 8 nitrogen and oxygen atoms in total. The van der Waals surface area contributed by atoms with E-state index in [-0.39, 0.29) is 42.5 Å². The van der Waals surface area contributed by atoms with Crippen LogP contribution in [0.2, 0.25) is 0 Å². The van der Waals surface area contributed by atoms with Gasteiger partial charge < -0.3 is 15.4 Å². The van der Waals surface area contributed by atoms with E-state index in [1.54, 1.807) is 6.33 Å². The molecule has 3 rings (SSSR count). The van der Waals surface area contributed by atoms with Gasteiger partial charge in [-0.05, 0) is 19.4 Å². The van der Waals surface area contributed by atoms with Gasteiger partial charge in [-0.1, -0.05) is 0 Å². The first-order valence-corrected chi connectivity index (χ1v) is 9.03. The molecule has 2 aromatic rings. The summed E-state index contributed by atoms with van der Waals surface area (Å²) in [6.07, 6.45) is -0.321. The molecule has 160 valence electrons. The maximum Gasteiger partial charge on any atom is 0.417 e. The van der Waals surface area contributed by atoms with Crippen LogP contribution in [0, 0.1) is 0 Å². The number of pyridine rings is 1. The van der Waals surface area contributed by atoms with Crippen LogP contribution in [0.15, 0.2) is 29.6 Å². The van der Waals surface area contributed by atoms with Crippen molar-refractivity contribution >= 4 is 29.9 Å². The molecule has 0 aromatic carbocycles. The molecule has 1 atom stereocenters. The molecule has 0 radical (unpaired) electrons. The number of fused-ring (bicyclic) bond motifs is 1. The second-order valence-corrected chi connectivity index (χ2v) is 6.23. The van der Waals surface area contributed by atoms with E-state index >= 15 is 0 Å². The smallest absolute Gasteiger partial charge is 0.417 e. The Balaban J connectivity index is 0.00000300. The number of nitrogens with zero attached hydrogens (tertiary/aromatic N) is 5. The Labute approximate surface area is 183 Å². The van der Waals surface area contributed by atoms with Gasteiger partial charge in [0, 0.05) is 31.3 Å². The Kier molecular flexibility index (Phi) is 8.46. The van der Waals surface area contributed by atoms with Crippen LogP contribution in [-0.2, 0) is 19.1 Å². The average Bonchev–Trinajstić information content (AvgIpc) is 3.13. The standard InChI is InChI=1S/C17H22F3N7O.HI/c1-2-21-16(26-13-4-5-14-24-11-25-27(14)10-13)22-7-8-28-15-6-3-12(9-23-15)17(18,19)20;/h3,6,9,11,13H,2,4-5,7-8,10H2,1H3,(H2,21,22,26);1H. The van der Waals surface area contributed by atoms with Gasteiger partial charge in [-0.2, -0.15) is 18.3 Å². The number of aliphatic imine (C=N–C) groups is 1. The zero-order valence-corrected chi connectivity index (χ0v) is 18.1. The van der Waals surface area contributed by atoms with Gasteiger partial charge in [-0.25, -0.2) is 19.6 Å². The number of hydrogen-bond acceptors (Lipinski definition) is 5. The molecule has 1 aliphatic rings. The lowest BCUT2D eigenvalue weighted by Crippen LogP contribution is -2.47. The Hall–Kier alpha value is -2.12. The minimum Gasteiger partial charge on any atom is -0.476 e. The van der Waals surface area contributed by atoms with E-state index in [2.05, 4.69) is 30.7 Å². The first-order valence-electron chi connectivity index (χ1n) is 9.03. The fourth-order valence-corrected chi connectivity index (χ4v) is 2.81. The molecule has 2 aromatic heterocycles. The zero-order valence-electron chi connectivity index (χ0n) is 15.8. The van der Waals surface area contributed by atoms with E-state index in [4.69, 9.17) is 4.74 Å². The van der Waals surface area contributed by atoms with Crippen LogP contribution in [-0.4, -0.2) is 51.4 Å². The lowest BCUT2D eigenvalue weighted by atomic mass is 10.1. The number of guanidine groups is 1. The molecular formula is C17H23F3IN7O. The second-order valence-electron chi connectivity index (χ2n) is 6.23. The molecule has 3 heterocycles. The van der Waals surface area contributed by atoms with Crippen LogP contribution in [0.3, 0.4) is 0 Å². The van der Waals surface area contributed by atoms with E-state index in [1.165, 1.54) is 6.07 Å². The monoisotopic (exact) mass is 525 g/mol. The van der Waals surface area contributed by atoms with Crippen molar-refractivity contribution in [1.29, 1.82) is 0 Å². The molecule has 29 heavy (non-hydrogen) atoms. The van der Waals surface area contributed by atoms with Crippen molar-refractivity contribution in [3.63, 3.8) is 0 Å². The highest BCUT2D eigenvalue weighted by Gasteiger charge is 2.30. The number of aryl methyl sites for hydroxylation is 1. The van der Waals surface area contributed by atoms with Crippen molar-refractivity contribution in [3.05, 3.63) is 36.0 Å². The lowest BCUT2D eigenvalue weighted by molar-refractivity contribution is -0.137. The molecule has 0 saturated heterocycles. The molecule has 0 spiro atoms. The molecule has 0 aliphatic carbocycles. The second kappa shape index (κ2) is 10.6. The van der Waals surface area contributed by atoms with Crippen molar-refractivity contribution in [2.75, 3.05) is 19.7 Å². The number of rotatable bonds is 6. The molecule has 2 N–H and O–H groups in total. The number of hydrogen-bond donors (Lipinski definition) is 2. The van der Waals surface area contributed by atoms with E-state index < -0.39 is 11.7 Å². The third kappa shape index (κ3) is 6.72. The molecular weight excluding hydrogens is 502 g/mol. The topological polar surface area (TPSA) is 89.2 Å². The summed E-state index contributed by atoms with van der Waals surface area (Å²) in [7, 11) is 0. The summed E-state index contributed by atoms with van der Waals surface area (Å²) in [5, 5.41) is 10.7. The molecule has 0 saturated carbocycles. The van der Waals surface area contributed by atoms with E-state index in [9.17, 15) is 13.2 Å². The number of halogens is 4. The fourth-order valence-electron chi connectivity index (χ4n) is 2.81. The van der Waals surface area contributed by atoms with Crippen molar-refractivity contribution in [1.82, 2.24) is 30.4 Å². The number of ether oxygens (including phenoxy) is 1. The van der Waals surface area contributed by atoms with Crippen LogP contribution >= 0.6 is 24.0 Å². The van der Waals surface area contributed by atoms with Gasteiger partial charge in [0.15, 0.2) is 5.96 Å². The Bertz CT molecular complexity index is 795. The average molecular weight is 525 g/mol. The quantitative estimate of drug-likeness (QED) is 0.261. The highest BCUT2D eigenvalue weighted by atomic mass is 127. The van der Waals surface area contributed by atoms with Crippen LogP contribution in [0.25, 0.3) is 0 Å². The van der Waals surface area contributed by atoms with Crippen molar-refractivity contribution < 1.29 is 17.9 Å². The molecule has 1 unspecified atom stereocenters. The van der Waals surface area contributed by atoms with Crippen LogP contribution in [0.5, 0.6) is 5.88 Å². The molecule has 12 heteroatoms. The molecule has 0 amide bonds. The SMILES string of the molecule is CCNC(=NCCOc1ccc(C(F)(F)F)cn1)NC1CCc2ncnn2C1.I. The number of aromatic nitrogens is 4. The highest BCUT2D eigenvalue weighted by molar-refractivity contribution is 14.0. The third-order valence-corrected chi connectivity index (χ3v) is 4.17. The lowest BCUT2D eigenvalue weighted by Gasteiger charge is -2.25. The summed E-state index contributed by atoms with van der Waals surface area (Å²) < 4.78 is 44.8. The van der Waals surface area contributed by atoms with Crippen molar-refractivity contribution in [2.24, 2.45) is 4.99 Å². The van der Waals surface area contributed by atoms with Gasteiger partial charge in [0.1, 0.15) is 18.8 Å². The first-order chi connectivity index (χ1) is 13.5. The summed E-state index contributed by atoms with van der Waals surface area (Å²) in [5.41, 5.74) is -0.806. The Morgan fingerprint density at radius 1 is 1.34 bits per heavy atom. The molecule has 0 bridgehead atoms. The van der Waals surface area contributed by atoms with E-state index in [1.807, 2.05) is 11.6 Å². The van der Waals surface area contributed by atoms with Gasteiger partial charge in [0.25, 0.3) is 0 Å². The molecule has 0 fully saturated rings. The summed E-state index contributed by atoms with van der Waals surface area (Å²) in [6, 6.07) is 2.33. The third-order valence-electron chi connectivity index (χ3n) is 4.17. The summed E-state index contributed by atoms with van der Waals surface area (Å²) in [4.78, 5) is 12.3. The zero-order chi connectivity index (χ0) is 20.0. The normalized spacial score (nSPS) is 16.6. The maximum absolute atomic E-state index is 12.5. The Morgan fingerprint density at radius 3 is 2.86 bits per heavy atom. The minimum absolute atomic E-state index is 0. The van der Waals surface area contributed by atoms with Gasteiger partial charge in [0.05, 0.1) is 18.7 Å². The van der Waals surface area contributed by atoms with Crippen LogP contribution < -0.4 is 15.4 Å². The maximum atomic E-state index is 12.5. The fraction of sp³-hybridized carbons (Fsp3) is 0.529. The molecule has 1 aliphatic heterocycles. The van der Waals surface area contributed by atoms with Gasteiger partial charge in [0.2, 0.25) is 5.88 Å². The van der Waals surface area contributed by atoms with Crippen LogP contribution in [0.4, 0.5) is 13.2 Å². The van der Waals surface area contributed by atoms with Crippen molar-refractivity contribution in [3.8, 4) is 5.88 Å². The minimum atomic E-state index is -4.41. The predicted molar refractivity (Wildman–Crippen MR) is 111 cm³/mol. The highest BCUT2D eigenvalue weighted by Crippen LogP contribution is 2.29.